The second kappa shape index (κ2) is 7.19. The fourth-order valence-corrected chi connectivity index (χ4v) is 3.10. The van der Waals surface area contributed by atoms with Crippen molar-refractivity contribution in [3.05, 3.63) is 41.5 Å². The van der Waals surface area contributed by atoms with E-state index in [1.54, 1.807) is 11.6 Å². The number of benzene rings is 1. The molecule has 1 aromatic heterocycles. The zero-order chi connectivity index (χ0) is 18.7. The summed E-state index contributed by atoms with van der Waals surface area (Å²) < 4.78 is 14.8. The molecule has 8 nitrogen and oxygen atoms in total. The van der Waals surface area contributed by atoms with Gasteiger partial charge in [-0.2, -0.15) is 0 Å². The van der Waals surface area contributed by atoms with Gasteiger partial charge in [0.15, 0.2) is 5.82 Å². The molecule has 1 fully saturated rings. The highest BCUT2D eigenvalue weighted by Gasteiger charge is 2.51. The largest absolute Gasteiger partial charge is 0.325 e. The highest BCUT2D eigenvalue weighted by atomic mass is 19.1. The number of rotatable bonds is 7. The number of imide groups is 1. The minimum atomic E-state index is -1.20. The van der Waals surface area contributed by atoms with E-state index in [0.717, 1.165) is 17.7 Å². The van der Waals surface area contributed by atoms with E-state index in [4.69, 9.17) is 0 Å². The second-order valence-electron chi connectivity index (χ2n) is 6.26. The first-order chi connectivity index (χ1) is 12.5. The summed E-state index contributed by atoms with van der Waals surface area (Å²) in [7, 11) is 0. The van der Waals surface area contributed by atoms with Crippen LogP contribution in [0.5, 0.6) is 0 Å². The number of unbranched alkanes of at least 4 members (excludes halogenated alkanes) is 1. The maximum Gasteiger partial charge on any atom is 0.325 e. The van der Waals surface area contributed by atoms with E-state index >= 15 is 0 Å². The van der Waals surface area contributed by atoms with E-state index in [2.05, 4.69) is 27.8 Å². The van der Waals surface area contributed by atoms with Gasteiger partial charge >= 0.3 is 6.03 Å². The summed E-state index contributed by atoms with van der Waals surface area (Å²) in [6.45, 7) is 4.47. The molecule has 1 aliphatic rings. The van der Waals surface area contributed by atoms with E-state index in [1.807, 2.05) is 0 Å². The van der Waals surface area contributed by atoms with Gasteiger partial charge in [0.25, 0.3) is 5.91 Å². The number of carbonyl (C=O) groups is 2. The zero-order valence-electron chi connectivity index (χ0n) is 14.8. The Morgan fingerprint density at radius 1 is 1.19 bits per heavy atom. The van der Waals surface area contributed by atoms with Gasteiger partial charge in [-0.05, 0) is 41.0 Å². The first kappa shape index (κ1) is 18.0. The van der Waals surface area contributed by atoms with Crippen LogP contribution in [0.1, 0.15) is 44.5 Å². The van der Waals surface area contributed by atoms with Gasteiger partial charge in [0.1, 0.15) is 11.4 Å². The SMILES string of the molecule is CCCCn1nnnc1CN1C(=O)N[C@](CC)(c2ccc(F)cc2)C1=O. The number of hydrogen-bond donors (Lipinski definition) is 1. The van der Waals surface area contributed by atoms with Crippen LogP contribution in [0, 0.1) is 5.82 Å². The fourth-order valence-electron chi connectivity index (χ4n) is 3.10. The maximum absolute atomic E-state index is 13.2. The van der Waals surface area contributed by atoms with Gasteiger partial charge in [0.2, 0.25) is 0 Å². The van der Waals surface area contributed by atoms with Crippen LogP contribution < -0.4 is 5.32 Å². The summed E-state index contributed by atoms with van der Waals surface area (Å²) in [4.78, 5) is 26.7. The fraction of sp³-hybridized carbons (Fsp3) is 0.471. The Labute approximate surface area is 150 Å². The van der Waals surface area contributed by atoms with Crippen molar-refractivity contribution in [3.63, 3.8) is 0 Å². The van der Waals surface area contributed by atoms with E-state index < -0.39 is 17.4 Å². The predicted molar refractivity (Wildman–Crippen MR) is 90.2 cm³/mol. The zero-order valence-corrected chi connectivity index (χ0v) is 14.8. The Morgan fingerprint density at radius 3 is 2.58 bits per heavy atom. The minimum Gasteiger partial charge on any atom is -0.319 e. The molecule has 3 rings (SSSR count). The molecular formula is C17H21FN6O2. The van der Waals surface area contributed by atoms with Gasteiger partial charge in [0.05, 0.1) is 6.54 Å². The van der Waals surface area contributed by atoms with Crippen LogP contribution in [0.15, 0.2) is 24.3 Å². The number of nitrogens with zero attached hydrogens (tertiary/aromatic N) is 5. The lowest BCUT2D eigenvalue weighted by atomic mass is 9.87. The lowest BCUT2D eigenvalue weighted by Crippen LogP contribution is -2.43. The average Bonchev–Trinajstić information content (AvgIpc) is 3.18. The number of hydrogen-bond acceptors (Lipinski definition) is 5. The maximum atomic E-state index is 13.2. The second-order valence-corrected chi connectivity index (χ2v) is 6.26. The standard InChI is InChI=1S/C17H21FN6O2/c1-3-5-10-24-14(20-21-22-24)11-23-15(25)17(4-2,19-16(23)26)12-6-8-13(18)9-7-12/h6-9H,3-5,10-11H2,1-2H3,(H,19,26)/t17-/m1/s1. The monoisotopic (exact) mass is 360 g/mol. The quantitative estimate of drug-likeness (QED) is 0.762. The summed E-state index contributed by atoms with van der Waals surface area (Å²) in [5, 5.41) is 14.3. The van der Waals surface area contributed by atoms with Crippen LogP contribution in [0.2, 0.25) is 0 Å². The summed E-state index contributed by atoms with van der Waals surface area (Å²) in [6, 6.07) is 5.09. The third-order valence-corrected chi connectivity index (χ3v) is 4.67. The molecule has 0 saturated carbocycles. The molecule has 0 aliphatic carbocycles. The third-order valence-electron chi connectivity index (χ3n) is 4.67. The topological polar surface area (TPSA) is 93.0 Å². The highest BCUT2D eigenvalue weighted by molar-refractivity contribution is 6.07. The smallest absolute Gasteiger partial charge is 0.319 e. The molecular weight excluding hydrogens is 339 g/mol. The molecule has 9 heteroatoms. The molecule has 2 aromatic rings. The molecule has 2 heterocycles. The van der Waals surface area contributed by atoms with Gasteiger partial charge in [-0.1, -0.05) is 32.4 Å². The van der Waals surface area contributed by atoms with Crippen LogP contribution in [0.4, 0.5) is 9.18 Å². The van der Waals surface area contributed by atoms with Crippen LogP contribution in [-0.2, 0) is 23.4 Å². The van der Waals surface area contributed by atoms with Gasteiger partial charge < -0.3 is 5.32 Å². The molecule has 0 radical (unpaired) electrons. The predicted octanol–water partition coefficient (Wildman–Crippen LogP) is 1.97. The van der Waals surface area contributed by atoms with Gasteiger partial charge in [0, 0.05) is 6.54 Å². The number of tetrazole rings is 1. The lowest BCUT2D eigenvalue weighted by Gasteiger charge is -2.25. The van der Waals surface area contributed by atoms with E-state index in [0.29, 0.717) is 24.4 Å². The molecule has 1 saturated heterocycles. The number of amides is 3. The van der Waals surface area contributed by atoms with Crippen LogP contribution >= 0.6 is 0 Å². The Balaban J connectivity index is 1.86. The number of carbonyl (C=O) groups excluding carboxylic acids is 2. The lowest BCUT2D eigenvalue weighted by molar-refractivity contribution is -0.132. The van der Waals surface area contributed by atoms with Crippen molar-refractivity contribution in [2.45, 2.75) is 51.7 Å². The molecule has 0 spiro atoms. The van der Waals surface area contributed by atoms with Crippen molar-refractivity contribution < 1.29 is 14.0 Å². The number of aryl methyl sites for hydroxylation is 1. The molecule has 0 unspecified atom stereocenters. The number of aromatic nitrogens is 4. The van der Waals surface area contributed by atoms with Crippen LogP contribution in [0.3, 0.4) is 0 Å². The van der Waals surface area contributed by atoms with Crippen molar-refractivity contribution in [1.82, 2.24) is 30.4 Å². The van der Waals surface area contributed by atoms with Crippen molar-refractivity contribution >= 4 is 11.9 Å². The van der Waals surface area contributed by atoms with E-state index in [1.165, 1.54) is 24.3 Å². The molecule has 1 N–H and O–H groups in total. The molecule has 1 aliphatic heterocycles. The van der Waals surface area contributed by atoms with Crippen molar-refractivity contribution in [2.75, 3.05) is 0 Å². The third kappa shape index (κ3) is 3.04. The summed E-state index contributed by atoms with van der Waals surface area (Å²) in [6.07, 6.45) is 2.22. The van der Waals surface area contributed by atoms with Crippen molar-refractivity contribution in [3.8, 4) is 0 Å². The van der Waals surface area contributed by atoms with Crippen molar-refractivity contribution in [2.24, 2.45) is 0 Å². The van der Waals surface area contributed by atoms with Crippen LogP contribution in [0.25, 0.3) is 0 Å². The van der Waals surface area contributed by atoms with Gasteiger partial charge in [-0.15, -0.1) is 5.10 Å². The normalized spacial score (nSPS) is 19.9. The summed E-state index contributed by atoms with van der Waals surface area (Å²) in [5.74, 6) is -0.335. The first-order valence-electron chi connectivity index (χ1n) is 8.67. The van der Waals surface area contributed by atoms with E-state index in [-0.39, 0.29) is 12.5 Å². The van der Waals surface area contributed by atoms with Gasteiger partial charge in [-0.25, -0.2) is 13.9 Å². The summed E-state index contributed by atoms with van der Waals surface area (Å²) >= 11 is 0. The number of urea groups is 1. The number of halogens is 1. The molecule has 1 atom stereocenters. The Hall–Kier alpha value is -2.84. The Morgan fingerprint density at radius 2 is 1.92 bits per heavy atom. The molecule has 26 heavy (non-hydrogen) atoms. The molecule has 1 aromatic carbocycles. The van der Waals surface area contributed by atoms with Crippen molar-refractivity contribution in [1.29, 1.82) is 0 Å². The first-order valence-corrected chi connectivity index (χ1v) is 8.67. The highest BCUT2D eigenvalue weighted by Crippen LogP contribution is 2.33. The van der Waals surface area contributed by atoms with Gasteiger partial charge in [-0.3, -0.25) is 9.69 Å². The molecule has 138 valence electrons. The minimum absolute atomic E-state index is 0.00960. The Bertz CT molecular complexity index is 806. The molecule has 3 amide bonds. The molecule has 0 bridgehead atoms. The Kier molecular flexibility index (Phi) is 4.97. The summed E-state index contributed by atoms with van der Waals surface area (Å²) in [5.41, 5.74) is -0.653. The average molecular weight is 360 g/mol. The van der Waals surface area contributed by atoms with Crippen LogP contribution in [-0.4, -0.2) is 37.0 Å². The van der Waals surface area contributed by atoms with E-state index in [9.17, 15) is 14.0 Å². The number of nitrogens with one attached hydrogen (secondary N) is 1.